The van der Waals surface area contributed by atoms with Gasteiger partial charge in [-0.15, -0.1) is 0 Å². The second-order valence-electron chi connectivity index (χ2n) is 6.16. The van der Waals surface area contributed by atoms with Crippen molar-refractivity contribution in [2.24, 2.45) is 0 Å². The molecule has 6 nitrogen and oxygen atoms in total. The Balaban J connectivity index is 1.81. The van der Waals surface area contributed by atoms with Crippen LogP contribution in [0.2, 0.25) is 0 Å². The smallest absolute Gasteiger partial charge is 0.243 e. The van der Waals surface area contributed by atoms with Crippen molar-refractivity contribution in [3.63, 3.8) is 0 Å². The van der Waals surface area contributed by atoms with Crippen molar-refractivity contribution in [3.8, 4) is 0 Å². The van der Waals surface area contributed by atoms with Crippen molar-refractivity contribution < 1.29 is 13.2 Å². The summed E-state index contributed by atoms with van der Waals surface area (Å²) in [6.07, 6.45) is 1.41. The van der Waals surface area contributed by atoms with E-state index in [9.17, 15) is 13.2 Å². The number of hydrogen-bond acceptors (Lipinski definition) is 4. The van der Waals surface area contributed by atoms with E-state index in [1.807, 2.05) is 26.0 Å². The molecule has 2 rings (SSSR count). The lowest BCUT2D eigenvalue weighted by molar-refractivity contribution is -0.121. The molecule has 7 heteroatoms. The van der Waals surface area contributed by atoms with Crippen LogP contribution in [0.5, 0.6) is 0 Å². The third kappa shape index (κ3) is 5.03. The molecule has 0 saturated carbocycles. The van der Waals surface area contributed by atoms with Crippen LogP contribution in [0, 0.1) is 6.92 Å². The summed E-state index contributed by atoms with van der Waals surface area (Å²) in [4.78, 5) is 14.0. The van der Waals surface area contributed by atoms with Gasteiger partial charge in [-0.25, -0.2) is 8.42 Å². The Kier molecular flexibility index (Phi) is 6.77. The summed E-state index contributed by atoms with van der Waals surface area (Å²) in [5, 5.41) is 2.89. The van der Waals surface area contributed by atoms with Gasteiger partial charge in [0, 0.05) is 45.7 Å². The van der Waals surface area contributed by atoms with Gasteiger partial charge < -0.3 is 5.32 Å². The maximum Gasteiger partial charge on any atom is 0.243 e. The summed E-state index contributed by atoms with van der Waals surface area (Å²) in [7, 11) is -3.41. The van der Waals surface area contributed by atoms with Gasteiger partial charge in [0.2, 0.25) is 15.9 Å². The second-order valence-corrected chi connectivity index (χ2v) is 8.10. The zero-order valence-electron chi connectivity index (χ0n) is 14.5. The SMILES string of the molecule is CCCC(=O)NCCN1CCN(S(=O)(=O)c2ccc(C)cc2)CC1. The number of sulfonamides is 1. The topological polar surface area (TPSA) is 69.7 Å². The van der Waals surface area contributed by atoms with E-state index in [4.69, 9.17) is 0 Å². The Bertz CT molecular complexity index is 636. The van der Waals surface area contributed by atoms with Gasteiger partial charge in [0.15, 0.2) is 0 Å². The fraction of sp³-hybridized carbons (Fsp3) is 0.588. The van der Waals surface area contributed by atoms with Crippen molar-refractivity contribution in [3.05, 3.63) is 29.8 Å². The number of benzene rings is 1. The first-order valence-corrected chi connectivity index (χ1v) is 9.93. The molecule has 134 valence electrons. The second kappa shape index (κ2) is 8.60. The van der Waals surface area contributed by atoms with Crippen LogP contribution < -0.4 is 5.32 Å². The highest BCUT2D eigenvalue weighted by Crippen LogP contribution is 2.18. The van der Waals surface area contributed by atoms with Crippen LogP contribution in [0.1, 0.15) is 25.3 Å². The molecular weight excluding hydrogens is 326 g/mol. The molecule has 1 N–H and O–H groups in total. The number of aryl methyl sites for hydroxylation is 1. The number of piperazine rings is 1. The highest BCUT2D eigenvalue weighted by atomic mass is 32.2. The average molecular weight is 353 g/mol. The van der Waals surface area contributed by atoms with E-state index in [0.29, 0.717) is 44.0 Å². The maximum atomic E-state index is 12.6. The molecule has 0 radical (unpaired) electrons. The first kappa shape index (κ1) is 18.9. The molecule has 1 amide bonds. The Labute approximate surface area is 144 Å². The predicted octanol–water partition coefficient (Wildman–Crippen LogP) is 1.22. The van der Waals surface area contributed by atoms with Crippen LogP contribution in [0.15, 0.2) is 29.2 Å². The van der Waals surface area contributed by atoms with Gasteiger partial charge >= 0.3 is 0 Å². The third-order valence-electron chi connectivity index (χ3n) is 4.22. The Morgan fingerprint density at radius 1 is 1.12 bits per heavy atom. The van der Waals surface area contributed by atoms with Crippen molar-refractivity contribution in [1.29, 1.82) is 0 Å². The van der Waals surface area contributed by atoms with Crippen molar-refractivity contribution in [2.75, 3.05) is 39.3 Å². The predicted molar refractivity (Wildman–Crippen MR) is 94.3 cm³/mol. The quantitative estimate of drug-likeness (QED) is 0.800. The highest BCUT2D eigenvalue weighted by Gasteiger charge is 2.28. The van der Waals surface area contributed by atoms with Crippen LogP contribution in [0.4, 0.5) is 0 Å². The Morgan fingerprint density at radius 2 is 1.75 bits per heavy atom. The lowest BCUT2D eigenvalue weighted by Crippen LogP contribution is -2.50. The molecule has 0 aromatic heterocycles. The summed E-state index contributed by atoms with van der Waals surface area (Å²) >= 11 is 0. The van der Waals surface area contributed by atoms with Crippen molar-refractivity contribution in [1.82, 2.24) is 14.5 Å². The lowest BCUT2D eigenvalue weighted by Gasteiger charge is -2.34. The molecule has 1 aromatic rings. The zero-order valence-corrected chi connectivity index (χ0v) is 15.3. The third-order valence-corrected chi connectivity index (χ3v) is 6.13. The van der Waals surface area contributed by atoms with Gasteiger partial charge in [0.25, 0.3) is 0 Å². The van der Waals surface area contributed by atoms with Gasteiger partial charge in [-0.3, -0.25) is 9.69 Å². The van der Waals surface area contributed by atoms with E-state index >= 15 is 0 Å². The lowest BCUT2D eigenvalue weighted by atomic mass is 10.2. The molecule has 1 saturated heterocycles. The number of amides is 1. The van der Waals surface area contributed by atoms with Crippen molar-refractivity contribution in [2.45, 2.75) is 31.6 Å². The minimum Gasteiger partial charge on any atom is -0.355 e. The molecule has 1 fully saturated rings. The molecule has 0 unspecified atom stereocenters. The molecule has 0 aliphatic carbocycles. The summed E-state index contributed by atoms with van der Waals surface area (Å²) in [5.41, 5.74) is 1.05. The largest absolute Gasteiger partial charge is 0.355 e. The van der Waals surface area contributed by atoms with Crippen LogP contribution in [0.3, 0.4) is 0 Å². The van der Waals surface area contributed by atoms with Crippen LogP contribution in [0.25, 0.3) is 0 Å². The molecule has 1 heterocycles. The van der Waals surface area contributed by atoms with Crippen LogP contribution >= 0.6 is 0 Å². The standard InChI is InChI=1S/C17H27N3O3S/c1-3-4-17(21)18-9-10-19-11-13-20(14-12-19)24(22,23)16-7-5-15(2)6-8-16/h5-8H,3-4,9-14H2,1-2H3,(H,18,21). The number of nitrogens with zero attached hydrogens (tertiary/aromatic N) is 2. The first-order chi connectivity index (χ1) is 11.4. The molecular formula is C17H27N3O3S. The molecule has 1 aliphatic rings. The highest BCUT2D eigenvalue weighted by molar-refractivity contribution is 7.89. The summed E-state index contributed by atoms with van der Waals surface area (Å²) in [6.45, 7) is 7.64. The molecule has 1 aromatic carbocycles. The zero-order chi connectivity index (χ0) is 17.6. The monoisotopic (exact) mass is 353 g/mol. The number of carbonyl (C=O) groups is 1. The van der Waals surface area contributed by atoms with Crippen LogP contribution in [-0.2, 0) is 14.8 Å². The summed E-state index contributed by atoms with van der Waals surface area (Å²) in [6, 6.07) is 6.98. The maximum absolute atomic E-state index is 12.6. The number of hydrogen-bond donors (Lipinski definition) is 1. The van der Waals surface area contributed by atoms with Crippen molar-refractivity contribution >= 4 is 15.9 Å². The molecule has 0 spiro atoms. The minimum absolute atomic E-state index is 0.0816. The molecule has 1 aliphatic heterocycles. The van der Waals surface area contributed by atoms with E-state index in [1.54, 1.807) is 16.4 Å². The van der Waals surface area contributed by atoms with E-state index in [0.717, 1.165) is 18.5 Å². The number of nitrogens with one attached hydrogen (secondary N) is 1. The van der Waals surface area contributed by atoms with E-state index < -0.39 is 10.0 Å². The van der Waals surface area contributed by atoms with E-state index in [1.165, 1.54) is 0 Å². The van der Waals surface area contributed by atoms with Gasteiger partial charge in [0.05, 0.1) is 4.90 Å². The normalized spacial score (nSPS) is 16.9. The fourth-order valence-corrected chi connectivity index (χ4v) is 4.14. The number of carbonyl (C=O) groups excluding carboxylic acids is 1. The van der Waals surface area contributed by atoms with Gasteiger partial charge in [0.1, 0.15) is 0 Å². The van der Waals surface area contributed by atoms with E-state index in [2.05, 4.69) is 10.2 Å². The van der Waals surface area contributed by atoms with Gasteiger partial charge in [-0.2, -0.15) is 4.31 Å². The minimum atomic E-state index is -3.41. The van der Waals surface area contributed by atoms with Gasteiger partial charge in [-0.05, 0) is 25.5 Å². The Hall–Kier alpha value is -1.44. The molecule has 0 bridgehead atoms. The first-order valence-electron chi connectivity index (χ1n) is 8.49. The Morgan fingerprint density at radius 3 is 2.33 bits per heavy atom. The molecule has 24 heavy (non-hydrogen) atoms. The fourth-order valence-electron chi connectivity index (χ4n) is 2.72. The summed E-state index contributed by atoms with van der Waals surface area (Å²) < 4.78 is 26.8. The van der Waals surface area contributed by atoms with Gasteiger partial charge in [-0.1, -0.05) is 24.6 Å². The number of rotatable bonds is 7. The summed E-state index contributed by atoms with van der Waals surface area (Å²) in [5.74, 6) is 0.0816. The average Bonchev–Trinajstić information content (AvgIpc) is 2.56. The molecule has 0 atom stereocenters. The van der Waals surface area contributed by atoms with E-state index in [-0.39, 0.29) is 5.91 Å². The van der Waals surface area contributed by atoms with Crippen LogP contribution in [-0.4, -0.2) is 62.8 Å².